The molecule has 1 saturated heterocycles. The Morgan fingerprint density at radius 3 is 2.67 bits per heavy atom. The van der Waals surface area contributed by atoms with Crippen LogP contribution in [0, 0.1) is 0 Å². The molecule has 3 heteroatoms. The third kappa shape index (κ3) is 1.72. The van der Waals surface area contributed by atoms with Gasteiger partial charge in [0, 0.05) is 12.2 Å². The standard InChI is InChI=1S/C15H15NO2/c1-18-15(17)14-8-9-16(14)13-7-6-11-4-2-3-5-12(11)10-13/h2-7,10,14H,8-9H2,1H3. The minimum atomic E-state index is -0.144. The molecule has 1 heterocycles. The Morgan fingerprint density at radius 2 is 2.00 bits per heavy atom. The SMILES string of the molecule is COC(=O)C1CCN1c1ccc2ccccc2c1. The highest BCUT2D eigenvalue weighted by Crippen LogP contribution is 2.29. The van der Waals surface area contributed by atoms with Crippen molar-refractivity contribution >= 4 is 22.4 Å². The summed E-state index contributed by atoms with van der Waals surface area (Å²) in [6.07, 6.45) is 0.875. The zero-order valence-corrected chi connectivity index (χ0v) is 10.3. The van der Waals surface area contributed by atoms with Crippen LogP contribution in [0.4, 0.5) is 5.69 Å². The molecule has 1 fully saturated rings. The van der Waals surface area contributed by atoms with Crippen LogP contribution in [-0.4, -0.2) is 25.7 Å². The summed E-state index contributed by atoms with van der Waals surface area (Å²) in [6.45, 7) is 0.915. The number of rotatable bonds is 2. The van der Waals surface area contributed by atoms with Crippen LogP contribution in [0.25, 0.3) is 10.8 Å². The summed E-state index contributed by atoms with van der Waals surface area (Å²) >= 11 is 0. The first-order valence-corrected chi connectivity index (χ1v) is 6.13. The van der Waals surface area contributed by atoms with Gasteiger partial charge in [-0.15, -0.1) is 0 Å². The summed E-state index contributed by atoms with van der Waals surface area (Å²) in [7, 11) is 1.44. The van der Waals surface area contributed by atoms with Crippen molar-refractivity contribution in [2.24, 2.45) is 0 Å². The van der Waals surface area contributed by atoms with E-state index in [1.807, 2.05) is 12.1 Å². The van der Waals surface area contributed by atoms with Crippen LogP contribution < -0.4 is 4.90 Å². The van der Waals surface area contributed by atoms with E-state index in [0.29, 0.717) is 0 Å². The average Bonchev–Trinajstić information content (AvgIpc) is 2.37. The van der Waals surface area contributed by atoms with Crippen LogP contribution in [0.1, 0.15) is 6.42 Å². The molecule has 0 radical (unpaired) electrons. The Balaban J connectivity index is 1.93. The minimum Gasteiger partial charge on any atom is -0.467 e. The molecule has 0 N–H and O–H groups in total. The molecule has 1 aliphatic rings. The number of ether oxygens (including phenoxy) is 1. The van der Waals surface area contributed by atoms with E-state index in [1.54, 1.807) is 0 Å². The predicted molar refractivity (Wildman–Crippen MR) is 71.7 cm³/mol. The minimum absolute atomic E-state index is 0.115. The van der Waals surface area contributed by atoms with Crippen LogP contribution in [0.5, 0.6) is 0 Å². The summed E-state index contributed by atoms with van der Waals surface area (Å²) in [5.74, 6) is -0.144. The van der Waals surface area contributed by atoms with E-state index in [0.717, 1.165) is 18.7 Å². The maximum absolute atomic E-state index is 11.6. The zero-order valence-electron chi connectivity index (χ0n) is 10.3. The summed E-state index contributed by atoms with van der Waals surface area (Å²) < 4.78 is 4.81. The quantitative estimate of drug-likeness (QED) is 0.757. The van der Waals surface area contributed by atoms with Gasteiger partial charge in [0.05, 0.1) is 7.11 Å². The number of esters is 1. The van der Waals surface area contributed by atoms with Gasteiger partial charge in [-0.25, -0.2) is 4.79 Å². The largest absolute Gasteiger partial charge is 0.467 e. The van der Waals surface area contributed by atoms with Crippen LogP contribution >= 0.6 is 0 Å². The lowest BCUT2D eigenvalue weighted by Crippen LogP contribution is -2.53. The first kappa shape index (κ1) is 11.1. The van der Waals surface area contributed by atoms with Gasteiger partial charge in [0.1, 0.15) is 6.04 Å². The molecule has 0 saturated carbocycles. The van der Waals surface area contributed by atoms with Crippen LogP contribution in [0.2, 0.25) is 0 Å². The molecule has 0 bridgehead atoms. The Kier molecular flexibility index (Phi) is 2.67. The van der Waals surface area contributed by atoms with Crippen molar-refractivity contribution in [2.45, 2.75) is 12.5 Å². The fourth-order valence-corrected chi connectivity index (χ4v) is 2.43. The number of nitrogens with zero attached hydrogens (tertiary/aromatic N) is 1. The van der Waals surface area contributed by atoms with Crippen molar-refractivity contribution in [2.75, 3.05) is 18.6 Å². The van der Waals surface area contributed by atoms with E-state index in [1.165, 1.54) is 17.9 Å². The topological polar surface area (TPSA) is 29.5 Å². The molecule has 2 aromatic rings. The molecule has 0 spiro atoms. The molecule has 18 heavy (non-hydrogen) atoms. The fourth-order valence-electron chi connectivity index (χ4n) is 2.43. The second kappa shape index (κ2) is 4.33. The first-order chi connectivity index (χ1) is 8.79. The first-order valence-electron chi connectivity index (χ1n) is 6.13. The summed E-state index contributed by atoms with van der Waals surface area (Å²) in [6, 6.07) is 14.4. The summed E-state index contributed by atoms with van der Waals surface area (Å²) in [5, 5.41) is 2.42. The molecule has 3 nitrogen and oxygen atoms in total. The van der Waals surface area contributed by atoms with Crippen molar-refractivity contribution in [3.05, 3.63) is 42.5 Å². The number of benzene rings is 2. The van der Waals surface area contributed by atoms with Gasteiger partial charge in [-0.1, -0.05) is 30.3 Å². The Hall–Kier alpha value is -2.03. The van der Waals surface area contributed by atoms with Gasteiger partial charge in [0.2, 0.25) is 0 Å². The molecule has 0 aromatic heterocycles. The van der Waals surface area contributed by atoms with Crippen LogP contribution in [0.15, 0.2) is 42.5 Å². The normalized spacial score (nSPS) is 18.5. The van der Waals surface area contributed by atoms with Gasteiger partial charge < -0.3 is 9.64 Å². The molecular weight excluding hydrogens is 226 g/mol. The fraction of sp³-hybridized carbons (Fsp3) is 0.267. The van der Waals surface area contributed by atoms with E-state index in [2.05, 4.69) is 35.2 Å². The summed E-state index contributed by atoms with van der Waals surface area (Å²) in [4.78, 5) is 13.7. The maximum atomic E-state index is 11.6. The average molecular weight is 241 g/mol. The van der Waals surface area contributed by atoms with Crippen molar-refractivity contribution in [3.63, 3.8) is 0 Å². The second-order valence-corrected chi connectivity index (χ2v) is 4.55. The smallest absolute Gasteiger partial charge is 0.328 e. The van der Waals surface area contributed by atoms with E-state index in [-0.39, 0.29) is 12.0 Å². The molecule has 92 valence electrons. The lowest BCUT2D eigenvalue weighted by atomic mass is 10.0. The number of methoxy groups -OCH3 is 1. The van der Waals surface area contributed by atoms with Crippen molar-refractivity contribution in [3.8, 4) is 0 Å². The molecule has 0 aliphatic carbocycles. The van der Waals surface area contributed by atoms with Crippen molar-refractivity contribution in [1.29, 1.82) is 0 Å². The number of carbonyl (C=O) groups excluding carboxylic acids is 1. The highest BCUT2D eigenvalue weighted by molar-refractivity contribution is 5.88. The number of hydrogen-bond acceptors (Lipinski definition) is 3. The summed E-state index contributed by atoms with van der Waals surface area (Å²) in [5.41, 5.74) is 1.09. The maximum Gasteiger partial charge on any atom is 0.328 e. The van der Waals surface area contributed by atoms with Crippen molar-refractivity contribution in [1.82, 2.24) is 0 Å². The van der Waals surface area contributed by atoms with E-state index >= 15 is 0 Å². The number of anilines is 1. The molecular formula is C15H15NO2. The molecule has 3 rings (SSSR count). The highest BCUT2D eigenvalue weighted by Gasteiger charge is 2.35. The highest BCUT2D eigenvalue weighted by atomic mass is 16.5. The molecule has 1 aliphatic heterocycles. The van der Waals surface area contributed by atoms with Crippen LogP contribution in [-0.2, 0) is 9.53 Å². The third-order valence-corrected chi connectivity index (χ3v) is 3.56. The number of carbonyl (C=O) groups is 1. The van der Waals surface area contributed by atoms with Crippen molar-refractivity contribution < 1.29 is 9.53 Å². The lowest BCUT2D eigenvalue weighted by molar-refractivity contribution is -0.143. The van der Waals surface area contributed by atoms with Gasteiger partial charge >= 0.3 is 5.97 Å². The molecule has 1 atom stereocenters. The Labute approximate surface area is 106 Å². The third-order valence-electron chi connectivity index (χ3n) is 3.56. The lowest BCUT2D eigenvalue weighted by Gasteiger charge is -2.40. The number of hydrogen-bond donors (Lipinski definition) is 0. The Morgan fingerprint density at radius 1 is 1.22 bits per heavy atom. The second-order valence-electron chi connectivity index (χ2n) is 4.55. The predicted octanol–water partition coefficient (Wildman–Crippen LogP) is 2.59. The Bertz CT molecular complexity index is 594. The van der Waals surface area contributed by atoms with E-state index in [4.69, 9.17) is 4.74 Å². The number of fused-ring (bicyclic) bond motifs is 1. The van der Waals surface area contributed by atoms with Gasteiger partial charge in [-0.2, -0.15) is 0 Å². The zero-order chi connectivity index (χ0) is 12.5. The van der Waals surface area contributed by atoms with Gasteiger partial charge in [-0.05, 0) is 29.3 Å². The van der Waals surface area contributed by atoms with Gasteiger partial charge in [0.15, 0.2) is 0 Å². The molecule has 0 amide bonds. The van der Waals surface area contributed by atoms with Gasteiger partial charge in [0.25, 0.3) is 0 Å². The monoisotopic (exact) mass is 241 g/mol. The van der Waals surface area contributed by atoms with Crippen LogP contribution in [0.3, 0.4) is 0 Å². The van der Waals surface area contributed by atoms with E-state index < -0.39 is 0 Å². The van der Waals surface area contributed by atoms with Gasteiger partial charge in [-0.3, -0.25) is 0 Å². The molecule has 2 aromatic carbocycles. The molecule has 1 unspecified atom stereocenters. The van der Waals surface area contributed by atoms with E-state index in [9.17, 15) is 4.79 Å².